The summed E-state index contributed by atoms with van der Waals surface area (Å²) in [6, 6.07) is 24.6. The van der Waals surface area contributed by atoms with Gasteiger partial charge in [-0.25, -0.2) is 36.3 Å². The number of aromatic nitrogens is 8. The molecule has 0 saturated heterocycles. The van der Waals surface area contributed by atoms with Crippen LogP contribution < -0.4 is 27.2 Å². The summed E-state index contributed by atoms with van der Waals surface area (Å²) in [5, 5.41) is 43.4. The van der Waals surface area contributed by atoms with Crippen LogP contribution in [0.1, 0.15) is 22.3 Å². The standard InChI is InChI=1S/C53H42F4N12O7S2/c1-63(2)24-34-44-49(72)68(41-21-23-43(76-5)61-59-41)53(74)66(27-33-38(56)10-7-11-39(33)57)50(44)77-46(34)28-12-16-30(17-13-28)62-69(75)31-18-14-29(15-19-31)47-35(25-64(3)4)45-48(71)67(40-20-22-42(70)60-58-40)52(73)65(51(45)78-47)26-32-36(54)8-6-9-37(32)55/h6-23H,24-27H2,1-5H3,(H,60,70). The average molecular weight is 1100 g/mol. The molecule has 0 spiro atoms. The van der Waals surface area contributed by atoms with Gasteiger partial charge in [0, 0.05) is 63.4 Å². The number of azo groups is 1. The fraction of sp³-hybridized carbons (Fsp3) is 0.170. The van der Waals surface area contributed by atoms with Gasteiger partial charge in [-0.3, -0.25) is 18.7 Å². The van der Waals surface area contributed by atoms with E-state index in [1.165, 1.54) is 49.6 Å². The van der Waals surface area contributed by atoms with Crippen molar-refractivity contribution in [2.75, 3.05) is 35.3 Å². The molecule has 0 aliphatic carbocycles. The van der Waals surface area contributed by atoms with Crippen LogP contribution in [0.15, 0.2) is 133 Å². The van der Waals surface area contributed by atoms with Gasteiger partial charge >= 0.3 is 11.4 Å². The SMILES string of the molecule is COc1ccc(-n2c(=O)c3c(CN(C)C)c(-c4ccc(N=[N+]([O-])c5ccc(-c6sc7c(c6CN(C)C)c(=O)n(-c6ccc(O)nn6)c(=O)n7Cc6c(F)cccc6F)cc5)cc4)sc3n(Cc3c(F)cccc3F)c2=O)nn1. The van der Waals surface area contributed by atoms with Gasteiger partial charge in [0.2, 0.25) is 17.4 Å². The number of halogens is 4. The molecule has 0 unspecified atom stereocenters. The lowest BCUT2D eigenvalue weighted by molar-refractivity contribution is -0.435. The Labute approximate surface area is 445 Å². The van der Waals surface area contributed by atoms with E-state index < -0.39 is 75.9 Å². The summed E-state index contributed by atoms with van der Waals surface area (Å²) in [5.41, 5.74) is -1.79. The molecule has 0 bridgehead atoms. The lowest BCUT2D eigenvalue weighted by Gasteiger charge is -2.14. The van der Waals surface area contributed by atoms with Crippen molar-refractivity contribution >= 4 is 54.5 Å². The van der Waals surface area contributed by atoms with E-state index in [9.17, 15) is 29.5 Å². The predicted octanol–water partition coefficient (Wildman–Crippen LogP) is 8.07. The van der Waals surface area contributed by atoms with Gasteiger partial charge in [0.05, 0.1) is 31.0 Å². The maximum atomic E-state index is 15.2. The summed E-state index contributed by atoms with van der Waals surface area (Å²) >= 11 is 2.13. The first-order chi connectivity index (χ1) is 37.4. The van der Waals surface area contributed by atoms with E-state index in [4.69, 9.17) is 4.74 Å². The quantitative estimate of drug-likeness (QED) is 0.0446. The van der Waals surface area contributed by atoms with E-state index in [2.05, 4.69) is 25.5 Å². The Hall–Kier alpha value is -9.04. The lowest BCUT2D eigenvalue weighted by Crippen LogP contribution is -2.39. The third kappa shape index (κ3) is 9.74. The van der Waals surface area contributed by atoms with Crippen molar-refractivity contribution in [3.63, 3.8) is 0 Å². The normalized spacial score (nSPS) is 12.0. The first kappa shape index (κ1) is 52.4. The molecule has 0 aliphatic rings. The van der Waals surface area contributed by atoms with Gasteiger partial charge in [0.1, 0.15) is 38.6 Å². The Bertz CT molecular complexity index is 4210. The molecule has 0 aliphatic heterocycles. The fourth-order valence-corrected chi connectivity index (χ4v) is 11.5. The number of nitrogens with zero attached hydrogens (tertiary/aromatic N) is 12. The second-order valence-corrected chi connectivity index (χ2v) is 20.2. The third-order valence-electron chi connectivity index (χ3n) is 12.5. The monoisotopic (exact) mass is 1100 g/mol. The maximum absolute atomic E-state index is 15.2. The molecule has 1 N–H and O–H groups in total. The molecular formula is C53H42F4N12O7S2. The van der Waals surface area contributed by atoms with Crippen molar-refractivity contribution in [3.8, 4) is 44.3 Å². The number of hydrogen-bond donors (Lipinski definition) is 1. The predicted molar refractivity (Wildman–Crippen MR) is 285 cm³/mol. The van der Waals surface area contributed by atoms with Crippen LogP contribution in [0.3, 0.4) is 0 Å². The van der Waals surface area contributed by atoms with E-state index >= 15 is 17.6 Å². The zero-order valence-electron chi connectivity index (χ0n) is 41.8. The van der Waals surface area contributed by atoms with Gasteiger partial charge in [-0.1, -0.05) is 29.1 Å². The summed E-state index contributed by atoms with van der Waals surface area (Å²) in [7, 11) is 8.50. The van der Waals surface area contributed by atoms with Crippen LogP contribution in [0.25, 0.3) is 53.0 Å². The van der Waals surface area contributed by atoms with Crippen molar-refractivity contribution in [3.05, 3.63) is 202 Å². The summed E-state index contributed by atoms with van der Waals surface area (Å²) in [6.45, 7) is -0.806. The highest BCUT2D eigenvalue weighted by Crippen LogP contribution is 2.41. The van der Waals surface area contributed by atoms with Crippen molar-refractivity contribution in [1.29, 1.82) is 0 Å². The molecule has 6 heterocycles. The number of fused-ring (bicyclic) bond motifs is 2. The number of benzene rings is 4. The van der Waals surface area contributed by atoms with Crippen LogP contribution >= 0.6 is 22.7 Å². The second-order valence-electron chi connectivity index (χ2n) is 18.2. The van der Waals surface area contributed by atoms with E-state index in [1.54, 1.807) is 69.5 Å². The number of thiophene rings is 2. The summed E-state index contributed by atoms with van der Waals surface area (Å²) < 4.78 is 69.7. The van der Waals surface area contributed by atoms with Gasteiger partial charge in [-0.05, 0) is 111 Å². The van der Waals surface area contributed by atoms with Gasteiger partial charge in [0.15, 0.2) is 11.6 Å². The summed E-state index contributed by atoms with van der Waals surface area (Å²) in [4.78, 5) is 63.0. The molecule has 0 amide bonds. The van der Waals surface area contributed by atoms with Crippen LogP contribution in [-0.2, 0) is 26.2 Å². The molecule has 10 aromatic rings. The maximum Gasteiger partial charge on any atom is 0.338 e. The highest BCUT2D eigenvalue weighted by Gasteiger charge is 2.28. The topological polar surface area (TPSA) is 214 Å². The van der Waals surface area contributed by atoms with Crippen LogP contribution in [0.5, 0.6) is 11.8 Å². The number of aromatic hydroxyl groups is 1. The molecule has 0 radical (unpaired) electrons. The van der Waals surface area contributed by atoms with E-state index in [1.807, 2.05) is 4.90 Å². The summed E-state index contributed by atoms with van der Waals surface area (Å²) in [6.07, 6.45) is 0. The van der Waals surface area contributed by atoms with Crippen molar-refractivity contribution in [1.82, 2.24) is 48.5 Å². The van der Waals surface area contributed by atoms with Gasteiger partial charge < -0.3 is 24.9 Å². The van der Waals surface area contributed by atoms with Crippen LogP contribution in [0, 0.1) is 28.5 Å². The minimum atomic E-state index is -0.963. The molecule has 10 rings (SSSR count). The Balaban J connectivity index is 1.03. The molecule has 4 aromatic carbocycles. The molecule has 6 aromatic heterocycles. The van der Waals surface area contributed by atoms with E-state index in [-0.39, 0.29) is 62.4 Å². The van der Waals surface area contributed by atoms with E-state index in [0.29, 0.717) is 36.9 Å². The Morgan fingerprint density at radius 2 is 1.03 bits per heavy atom. The highest BCUT2D eigenvalue weighted by molar-refractivity contribution is 7.22. The van der Waals surface area contributed by atoms with Crippen LogP contribution in [0.4, 0.5) is 28.9 Å². The second kappa shape index (κ2) is 21.2. The number of rotatable bonds is 15. The van der Waals surface area contributed by atoms with Crippen LogP contribution in [-0.4, -0.2) is 93.7 Å². The first-order valence-corrected chi connectivity index (χ1v) is 25.1. The minimum Gasteiger partial charge on any atom is -0.594 e. The number of ether oxygens (including phenoxy) is 1. The fourth-order valence-electron chi connectivity index (χ4n) is 8.86. The summed E-state index contributed by atoms with van der Waals surface area (Å²) in [5.74, 6) is -4.33. The Morgan fingerprint density at radius 3 is 1.42 bits per heavy atom. The van der Waals surface area contributed by atoms with Gasteiger partial charge in [-0.15, -0.1) is 43.1 Å². The van der Waals surface area contributed by atoms with Crippen LogP contribution in [0.2, 0.25) is 0 Å². The Kier molecular flexibility index (Phi) is 14.2. The lowest BCUT2D eigenvalue weighted by atomic mass is 10.1. The molecular weight excluding hydrogens is 1060 g/mol. The largest absolute Gasteiger partial charge is 0.594 e. The average Bonchev–Trinajstić information content (AvgIpc) is 4.17. The molecule has 0 fully saturated rings. The molecule has 0 saturated carbocycles. The van der Waals surface area contributed by atoms with Crippen molar-refractivity contribution in [2.24, 2.45) is 5.11 Å². The van der Waals surface area contributed by atoms with Gasteiger partial charge in [-0.2, -0.15) is 0 Å². The zero-order valence-corrected chi connectivity index (χ0v) is 43.4. The first-order valence-electron chi connectivity index (χ1n) is 23.5. The molecule has 25 heteroatoms. The van der Waals surface area contributed by atoms with E-state index in [0.717, 1.165) is 71.3 Å². The highest BCUT2D eigenvalue weighted by atomic mass is 32.1. The van der Waals surface area contributed by atoms with Gasteiger partial charge in [0.25, 0.3) is 11.1 Å². The van der Waals surface area contributed by atoms with Crippen molar-refractivity contribution in [2.45, 2.75) is 26.2 Å². The smallest absolute Gasteiger partial charge is 0.338 e. The molecule has 78 heavy (non-hydrogen) atoms. The number of hydrogen-bond acceptors (Lipinski definition) is 16. The third-order valence-corrected chi connectivity index (χ3v) is 15.1. The molecule has 396 valence electrons. The zero-order chi connectivity index (χ0) is 55.3. The molecule has 0 atom stereocenters. The van der Waals surface area contributed by atoms with Crippen molar-refractivity contribution < 1.29 is 32.3 Å². The number of methoxy groups -OCH3 is 1. The molecule has 19 nitrogen and oxygen atoms in total. The Morgan fingerprint density at radius 1 is 0.590 bits per heavy atom. The minimum absolute atomic E-state index is 0.0696.